The summed E-state index contributed by atoms with van der Waals surface area (Å²) >= 11 is 2.64. The Morgan fingerprint density at radius 1 is 1.15 bits per heavy atom. The van der Waals surface area contributed by atoms with E-state index < -0.39 is 11.1 Å². The summed E-state index contributed by atoms with van der Waals surface area (Å²) in [6.07, 6.45) is 0. The Morgan fingerprint density at radius 2 is 1.88 bits per heavy atom. The van der Waals surface area contributed by atoms with Crippen LogP contribution in [0.1, 0.15) is 12.5 Å². The summed E-state index contributed by atoms with van der Waals surface area (Å²) in [4.78, 5) is 12.2. The Labute approximate surface area is 159 Å². The van der Waals surface area contributed by atoms with Gasteiger partial charge in [0.25, 0.3) is 0 Å². The van der Waals surface area contributed by atoms with Gasteiger partial charge in [-0.25, -0.2) is 4.39 Å². The number of benzene rings is 2. The highest BCUT2D eigenvalue weighted by molar-refractivity contribution is 8.02. The van der Waals surface area contributed by atoms with E-state index in [1.54, 1.807) is 19.1 Å². The van der Waals surface area contributed by atoms with Crippen LogP contribution in [0.15, 0.2) is 52.9 Å². The third kappa shape index (κ3) is 4.80. The molecule has 0 aliphatic carbocycles. The zero-order valence-electron chi connectivity index (χ0n) is 14.2. The second kappa shape index (κ2) is 8.29. The van der Waals surface area contributed by atoms with Crippen LogP contribution in [0.2, 0.25) is 0 Å². The highest BCUT2D eigenvalue weighted by Gasteiger charge is 2.18. The molecule has 3 rings (SSSR count). The summed E-state index contributed by atoms with van der Waals surface area (Å²) in [5.74, 6) is -0.748. The van der Waals surface area contributed by atoms with Gasteiger partial charge >= 0.3 is 0 Å². The number of para-hydroxylation sites is 1. The largest absolute Gasteiger partial charge is 0.330 e. The molecule has 8 heteroatoms. The normalized spacial score (nSPS) is 11.8. The molecule has 2 N–H and O–H groups in total. The number of halogens is 1. The lowest BCUT2D eigenvalue weighted by Crippen LogP contribution is -2.22. The second-order valence-corrected chi connectivity index (χ2v) is 8.16. The molecule has 1 atom stereocenters. The molecule has 3 aromatic rings. The van der Waals surface area contributed by atoms with Crippen LogP contribution in [0.25, 0.3) is 0 Å². The van der Waals surface area contributed by atoms with Gasteiger partial charge in [0.15, 0.2) is 4.34 Å². The fraction of sp³-hybridized carbons (Fsp3) is 0.167. The van der Waals surface area contributed by atoms with Crippen molar-refractivity contribution in [3.8, 4) is 0 Å². The number of hydrogen-bond acceptors (Lipinski definition) is 6. The molecule has 0 spiro atoms. The number of nitrogens with one attached hydrogen (secondary N) is 2. The average Bonchev–Trinajstić information content (AvgIpc) is 3.06. The van der Waals surface area contributed by atoms with Crippen LogP contribution in [0.5, 0.6) is 0 Å². The molecular weight excluding hydrogens is 371 g/mol. The summed E-state index contributed by atoms with van der Waals surface area (Å²) in [6.45, 7) is 3.77. The van der Waals surface area contributed by atoms with E-state index >= 15 is 0 Å². The van der Waals surface area contributed by atoms with Crippen LogP contribution in [0.3, 0.4) is 0 Å². The van der Waals surface area contributed by atoms with E-state index in [1.165, 1.54) is 40.8 Å². The molecule has 2 aromatic carbocycles. The summed E-state index contributed by atoms with van der Waals surface area (Å²) in [7, 11) is 0. The molecule has 0 saturated carbocycles. The molecule has 0 aliphatic heterocycles. The minimum absolute atomic E-state index is 0.170. The Balaban J connectivity index is 1.58. The van der Waals surface area contributed by atoms with Crippen LogP contribution in [-0.4, -0.2) is 21.4 Å². The van der Waals surface area contributed by atoms with Crippen molar-refractivity contribution in [1.82, 2.24) is 10.2 Å². The minimum atomic E-state index is -0.460. The highest BCUT2D eigenvalue weighted by atomic mass is 32.2. The monoisotopic (exact) mass is 388 g/mol. The predicted molar refractivity (Wildman–Crippen MR) is 105 cm³/mol. The third-order valence-electron chi connectivity index (χ3n) is 3.49. The topological polar surface area (TPSA) is 66.9 Å². The van der Waals surface area contributed by atoms with Crippen molar-refractivity contribution in [2.24, 2.45) is 0 Å². The first-order valence-corrected chi connectivity index (χ1v) is 9.60. The van der Waals surface area contributed by atoms with Crippen LogP contribution in [0.4, 0.5) is 20.9 Å². The van der Waals surface area contributed by atoms with Crippen molar-refractivity contribution in [2.75, 3.05) is 10.6 Å². The zero-order chi connectivity index (χ0) is 18.5. The van der Waals surface area contributed by atoms with Gasteiger partial charge in [0, 0.05) is 5.69 Å². The van der Waals surface area contributed by atoms with Crippen molar-refractivity contribution < 1.29 is 9.18 Å². The summed E-state index contributed by atoms with van der Waals surface area (Å²) < 4.78 is 14.3. The number of anilines is 3. The van der Waals surface area contributed by atoms with Gasteiger partial charge in [-0.3, -0.25) is 4.79 Å². The van der Waals surface area contributed by atoms with Crippen molar-refractivity contribution in [3.05, 3.63) is 59.9 Å². The summed E-state index contributed by atoms with van der Waals surface area (Å²) in [5.41, 5.74) is 2.27. The number of thioether (sulfide) groups is 1. The van der Waals surface area contributed by atoms with Crippen molar-refractivity contribution in [3.63, 3.8) is 0 Å². The van der Waals surface area contributed by atoms with Crippen molar-refractivity contribution in [1.29, 1.82) is 0 Å². The van der Waals surface area contributed by atoms with Gasteiger partial charge in [-0.15, -0.1) is 10.2 Å². The number of nitrogens with zero attached hydrogens (tertiary/aromatic N) is 2. The van der Waals surface area contributed by atoms with Gasteiger partial charge < -0.3 is 10.6 Å². The van der Waals surface area contributed by atoms with E-state index in [0.717, 1.165) is 5.69 Å². The summed E-state index contributed by atoms with van der Waals surface area (Å²) in [6, 6.07) is 14.0. The van der Waals surface area contributed by atoms with Gasteiger partial charge in [-0.2, -0.15) is 0 Å². The maximum atomic E-state index is 13.6. The molecule has 1 amide bonds. The van der Waals surface area contributed by atoms with E-state index in [2.05, 4.69) is 20.8 Å². The molecule has 1 aromatic heterocycles. The standard InChI is InChI=1S/C18H17FN4OS2/c1-11-7-9-13(10-8-11)20-17-22-23-18(26-17)25-12(2)16(24)21-15-6-4-3-5-14(15)19/h3-10,12H,1-2H3,(H,20,22)(H,21,24). The molecule has 0 bridgehead atoms. The molecule has 0 fully saturated rings. The lowest BCUT2D eigenvalue weighted by molar-refractivity contribution is -0.115. The van der Waals surface area contributed by atoms with Gasteiger partial charge in [0.2, 0.25) is 11.0 Å². The fourth-order valence-electron chi connectivity index (χ4n) is 2.07. The number of aryl methyl sites for hydroxylation is 1. The Kier molecular flexibility index (Phi) is 5.85. The SMILES string of the molecule is Cc1ccc(Nc2nnc(SC(C)C(=O)Nc3ccccc3F)s2)cc1. The van der Waals surface area contributed by atoms with Gasteiger partial charge in [0.05, 0.1) is 10.9 Å². The van der Waals surface area contributed by atoms with Gasteiger partial charge in [-0.1, -0.05) is 52.9 Å². The molecule has 0 saturated heterocycles. The third-order valence-corrected chi connectivity index (χ3v) is 5.51. The van der Waals surface area contributed by atoms with Crippen LogP contribution in [0, 0.1) is 12.7 Å². The smallest absolute Gasteiger partial charge is 0.237 e. The summed E-state index contributed by atoms with van der Waals surface area (Å²) in [5, 5.41) is 14.2. The van der Waals surface area contributed by atoms with Crippen LogP contribution in [-0.2, 0) is 4.79 Å². The first kappa shape index (κ1) is 18.3. The second-order valence-electron chi connectivity index (χ2n) is 5.59. The van der Waals surface area contributed by atoms with E-state index in [-0.39, 0.29) is 11.6 Å². The zero-order valence-corrected chi connectivity index (χ0v) is 15.8. The molecule has 26 heavy (non-hydrogen) atoms. The van der Waals surface area contributed by atoms with Crippen molar-refractivity contribution in [2.45, 2.75) is 23.4 Å². The molecule has 134 valence electrons. The molecule has 0 radical (unpaired) electrons. The number of carbonyl (C=O) groups is 1. The molecule has 0 aliphatic rings. The first-order valence-electron chi connectivity index (χ1n) is 7.90. The number of hydrogen-bond donors (Lipinski definition) is 2. The maximum Gasteiger partial charge on any atom is 0.237 e. The quantitative estimate of drug-likeness (QED) is 0.591. The Morgan fingerprint density at radius 3 is 2.62 bits per heavy atom. The minimum Gasteiger partial charge on any atom is -0.330 e. The molecule has 1 unspecified atom stereocenters. The van der Waals surface area contributed by atoms with Gasteiger partial charge in [0.1, 0.15) is 5.82 Å². The van der Waals surface area contributed by atoms with Gasteiger partial charge in [-0.05, 0) is 38.1 Å². The molecule has 1 heterocycles. The fourth-order valence-corrected chi connectivity index (χ4v) is 3.99. The predicted octanol–water partition coefficient (Wildman–Crippen LogP) is 4.85. The van der Waals surface area contributed by atoms with E-state index in [0.29, 0.717) is 9.47 Å². The average molecular weight is 388 g/mol. The van der Waals surface area contributed by atoms with E-state index in [9.17, 15) is 9.18 Å². The first-order chi connectivity index (χ1) is 12.5. The number of carbonyl (C=O) groups excluding carboxylic acids is 1. The highest BCUT2D eigenvalue weighted by Crippen LogP contribution is 2.31. The van der Waals surface area contributed by atoms with E-state index in [1.807, 2.05) is 31.2 Å². The van der Waals surface area contributed by atoms with Crippen LogP contribution >= 0.6 is 23.1 Å². The maximum absolute atomic E-state index is 13.6. The Hall–Kier alpha value is -2.45. The Bertz CT molecular complexity index is 898. The van der Waals surface area contributed by atoms with Crippen molar-refractivity contribution >= 4 is 45.5 Å². The number of rotatable bonds is 6. The molecule has 5 nitrogen and oxygen atoms in total. The number of aromatic nitrogens is 2. The molecular formula is C18H17FN4OS2. The lowest BCUT2D eigenvalue weighted by atomic mass is 10.2. The van der Waals surface area contributed by atoms with E-state index in [4.69, 9.17) is 0 Å². The number of amides is 1. The lowest BCUT2D eigenvalue weighted by Gasteiger charge is -2.10. The van der Waals surface area contributed by atoms with Crippen LogP contribution < -0.4 is 10.6 Å².